The molecular formula is C13H12N2O3S. The van der Waals surface area contributed by atoms with E-state index < -0.39 is 5.97 Å². The standard InChI is InChI=1S/C13H12N2O3S/c16-12(7-11-2-1-5-19-11)15-8-10-6-9(13(17)18)3-4-14-10/h1-6H,7-8H2,(H,15,16)(H,17,18). The van der Waals surface area contributed by atoms with E-state index in [1.54, 1.807) is 0 Å². The highest BCUT2D eigenvalue weighted by Crippen LogP contribution is 2.09. The Labute approximate surface area is 113 Å². The largest absolute Gasteiger partial charge is 0.478 e. The predicted molar refractivity (Wildman–Crippen MR) is 71.1 cm³/mol. The summed E-state index contributed by atoms with van der Waals surface area (Å²) in [5.74, 6) is -1.11. The van der Waals surface area contributed by atoms with Gasteiger partial charge in [0, 0.05) is 11.1 Å². The maximum atomic E-state index is 11.7. The average Bonchev–Trinajstić information content (AvgIpc) is 2.89. The van der Waals surface area contributed by atoms with Gasteiger partial charge in [0.1, 0.15) is 0 Å². The number of thiophene rings is 1. The van der Waals surface area contributed by atoms with Crippen LogP contribution in [0.3, 0.4) is 0 Å². The molecule has 0 aliphatic heterocycles. The molecule has 2 aromatic heterocycles. The van der Waals surface area contributed by atoms with Gasteiger partial charge in [-0.1, -0.05) is 6.07 Å². The summed E-state index contributed by atoms with van der Waals surface area (Å²) in [6.45, 7) is 0.228. The van der Waals surface area contributed by atoms with Gasteiger partial charge in [0.25, 0.3) is 0 Å². The maximum absolute atomic E-state index is 11.7. The number of rotatable bonds is 5. The highest BCUT2D eigenvalue weighted by Gasteiger charge is 2.07. The summed E-state index contributed by atoms with van der Waals surface area (Å²) >= 11 is 1.53. The lowest BCUT2D eigenvalue weighted by atomic mass is 10.2. The summed E-state index contributed by atoms with van der Waals surface area (Å²) in [5, 5.41) is 13.5. The Kier molecular flexibility index (Phi) is 4.25. The van der Waals surface area contributed by atoms with Gasteiger partial charge in [0.2, 0.25) is 5.91 Å². The summed E-state index contributed by atoms with van der Waals surface area (Å²) in [6, 6.07) is 6.66. The van der Waals surface area contributed by atoms with Gasteiger partial charge in [-0.3, -0.25) is 9.78 Å². The molecule has 5 nitrogen and oxygen atoms in total. The molecule has 2 N–H and O–H groups in total. The third kappa shape index (κ3) is 3.89. The summed E-state index contributed by atoms with van der Waals surface area (Å²) in [7, 11) is 0. The van der Waals surface area contributed by atoms with Gasteiger partial charge in [-0.2, -0.15) is 0 Å². The topological polar surface area (TPSA) is 79.3 Å². The van der Waals surface area contributed by atoms with Crippen LogP contribution in [0.5, 0.6) is 0 Å². The molecule has 0 aliphatic carbocycles. The van der Waals surface area contributed by atoms with Crippen molar-refractivity contribution in [3.05, 3.63) is 52.0 Å². The van der Waals surface area contributed by atoms with Crippen molar-refractivity contribution in [1.29, 1.82) is 0 Å². The van der Waals surface area contributed by atoms with Gasteiger partial charge in [0.15, 0.2) is 0 Å². The van der Waals surface area contributed by atoms with E-state index in [4.69, 9.17) is 5.11 Å². The molecule has 1 amide bonds. The second kappa shape index (κ2) is 6.10. The summed E-state index contributed by atoms with van der Waals surface area (Å²) < 4.78 is 0. The number of nitrogens with zero attached hydrogens (tertiary/aromatic N) is 1. The minimum absolute atomic E-state index is 0.107. The first kappa shape index (κ1) is 13.2. The van der Waals surface area contributed by atoms with E-state index in [0.29, 0.717) is 12.1 Å². The van der Waals surface area contributed by atoms with Gasteiger partial charge in [0.05, 0.1) is 24.2 Å². The molecule has 6 heteroatoms. The van der Waals surface area contributed by atoms with Gasteiger partial charge < -0.3 is 10.4 Å². The number of carbonyl (C=O) groups excluding carboxylic acids is 1. The fraction of sp³-hybridized carbons (Fsp3) is 0.154. The van der Waals surface area contributed by atoms with Crippen molar-refractivity contribution < 1.29 is 14.7 Å². The molecule has 0 aromatic carbocycles. The molecule has 0 atom stereocenters. The first-order chi connectivity index (χ1) is 9.15. The highest BCUT2D eigenvalue weighted by atomic mass is 32.1. The van der Waals surface area contributed by atoms with Crippen molar-refractivity contribution in [1.82, 2.24) is 10.3 Å². The van der Waals surface area contributed by atoms with Crippen molar-refractivity contribution in [3.8, 4) is 0 Å². The van der Waals surface area contributed by atoms with Gasteiger partial charge in [-0.15, -0.1) is 11.3 Å². The van der Waals surface area contributed by atoms with Crippen LogP contribution in [0.15, 0.2) is 35.8 Å². The molecule has 0 bridgehead atoms. The lowest BCUT2D eigenvalue weighted by molar-refractivity contribution is -0.120. The Hall–Kier alpha value is -2.21. The summed E-state index contributed by atoms with van der Waals surface area (Å²) in [6.07, 6.45) is 1.75. The highest BCUT2D eigenvalue weighted by molar-refractivity contribution is 7.10. The third-order valence-corrected chi connectivity index (χ3v) is 3.32. The Bertz CT molecular complexity index is 581. The zero-order chi connectivity index (χ0) is 13.7. The number of hydrogen-bond acceptors (Lipinski definition) is 4. The van der Waals surface area contributed by atoms with E-state index in [2.05, 4.69) is 10.3 Å². The molecule has 0 unspecified atom stereocenters. The number of pyridine rings is 1. The van der Waals surface area contributed by atoms with Crippen molar-refractivity contribution in [2.75, 3.05) is 0 Å². The lowest BCUT2D eigenvalue weighted by Crippen LogP contribution is -2.24. The number of carboxylic acids is 1. The molecule has 2 aromatic rings. The number of nitrogens with one attached hydrogen (secondary N) is 1. The van der Waals surface area contributed by atoms with Crippen molar-refractivity contribution in [3.63, 3.8) is 0 Å². The number of aromatic carboxylic acids is 1. The Balaban J connectivity index is 1.89. The molecule has 98 valence electrons. The van der Waals surface area contributed by atoms with Crippen LogP contribution in [0.1, 0.15) is 20.9 Å². The molecule has 0 fully saturated rings. The quantitative estimate of drug-likeness (QED) is 0.871. The number of aromatic nitrogens is 1. The summed E-state index contributed by atoms with van der Waals surface area (Å²) in [4.78, 5) is 27.4. The zero-order valence-corrected chi connectivity index (χ0v) is 10.8. The Morgan fingerprint density at radius 3 is 2.89 bits per heavy atom. The second-order valence-corrected chi connectivity index (χ2v) is 4.91. The van der Waals surface area contributed by atoms with Crippen LogP contribution in [-0.4, -0.2) is 22.0 Å². The summed E-state index contributed by atoms with van der Waals surface area (Å²) in [5.41, 5.74) is 0.692. The van der Waals surface area contributed by atoms with Crippen molar-refractivity contribution in [2.45, 2.75) is 13.0 Å². The van der Waals surface area contributed by atoms with Crippen molar-refractivity contribution >= 4 is 23.2 Å². The first-order valence-corrected chi connectivity index (χ1v) is 6.50. The number of hydrogen-bond donors (Lipinski definition) is 2. The molecule has 2 heterocycles. The van der Waals surface area contributed by atoms with E-state index in [0.717, 1.165) is 4.88 Å². The van der Waals surface area contributed by atoms with Crippen molar-refractivity contribution in [2.24, 2.45) is 0 Å². The zero-order valence-electron chi connectivity index (χ0n) is 10.00. The molecule has 0 spiro atoms. The maximum Gasteiger partial charge on any atom is 0.335 e. The van der Waals surface area contributed by atoms with Gasteiger partial charge in [-0.05, 0) is 23.6 Å². The monoisotopic (exact) mass is 276 g/mol. The smallest absolute Gasteiger partial charge is 0.335 e. The molecule has 0 saturated carbocycles. The molecule has 0 radical (unpaired) electrons. The van der Waals surface area contributed by atoms with Crippen LogP contribution in [0.25, 0.3) is 0 Å². The van der Waals surface area contributed by atoms with E-state index in [1.807, 2.05) is 17.5 Å². The fourth-order valence-corrected chi connectivity index (χ4v) is 2.23. The SMILES string of the molecule is O=C(Cc1cccs1)NCc1cc(C(=O)O)ccn1. The van der Waals surface area contributed by atoms with E-state index >= 15 is 0 Å². The fourth-order valence-electron chi connectivity index (χ4n) is 1.53. The van der Waals surface area contributed by atoms with Gasteiger partial charge in [-0.25, -0.2) is 4.79 Å². The van der Waals surface area contributed by atoms with Crippen LogP contribution in [0, 0.1) is 0 Å². The minimum Gasteiger partial charge on any atom is -0.478 e. The minimum atomic E-state index is -1.01. The number of amides is 1. The van der Waals surface area contributed by atoms with Crippen LogP contribution in [-0.2, 0) is 17.8 Å². The van der Waals surface area contributed by atoms with Gasteiger partial charge >= 0.3 is 5.97 Å². The number of carbonyl (C=O) groups is 2. The lowest BCUT2D eigenvalue weighted by Gasteiger charge is -2.04. The molecule has 0 saturated heterocycles. The molecule has 19 heavy (non-hydrogen) atoms. The Morgan fingerprint density at radius 1 is 1.37 bits per heavy atom. The third-order valence-electron chi connectivity index (χ3n) is 2.45. The molecule has 0 aliphatic rings. The Morgan fingerprint density at radius 2 is 2.21 bits per heavy atom. The van der Waals surface area contributed by atoms with Crippen LogP contribution >= 0.6 is 11.3 Å². The second-order valence-electron chi connectivity index (χ2n) is 3.87. The normalized spacial score (nSPS) is 10.1. The molecule has 2 rings (SSSR count). The van der Waals surface area contributed by atoms with Crippen LogP contribution in [0.4, 0.5) is 0 Å². The van der Waals surface area contributed by atoms with E-state index in [9.17, 15) is 9.59 Å². The first-order valence-electron chi connectivity index (χ1n) is 5.62. The van der Waals surface area contributed by atoms with Crippen LogP contribution in [0.2, 0.25) is 0 Å². The van der Waals surface area contributed by atoms with E-state index in [-0.39, 0.29) is 18.0 Å². The average molecular weight is 276 g/mol. The van der Waals surface area contributed by atoms with E-state index in [1.165, 1.54) is 29.7 Å². The van der Waals surface area contributed by atoms with Crippen LogP contribution < -0.4 is 5.32 Å². The number of carboxylic acid groups (broad SMARTS) is 1. The molecular weight excluding hydrogens is 264 g/mol. The predicted octanol–water partition coefficient (Wildman–Crippen LogP) is 1.70.